The van der Waals surface area contributed by atoms with E-state index in [4.69, 9.17) is 4.74 Å². The van der Waals surface area contributed by atoms with Crippen LogP contribution in [-0.2, 0) is 9.53 Å². The Morgan fingerprint density at radius 2 is 2.00 bits per heavy atom. The number of halogens is 2. The van der Waals surface area contributed by atoms with Crippen LogP contribution < -0.4 is 4.74 Å². The van der Waals surface area contributed by atoms with Gasteiger partial charge >= 0.3 is 5.97 Å². The number of ether oxygens (including phenoxy) is 2. The molecule has 0 aliphatic carbocycles. The number of rotatable bonds is 3. The molecule has 1 aromatic rings. The molecule has 88 valence electrons. The molecule has 0 radical (unpaired) electrons. The second kappa shape index (κ2) is 4.89. The quantitative estimate of drug-likeness (QED) is 0.795. The molecule has 1 rings (SSSR count). The largest absolute Gasteiger partial charge is 0.496 e. The van der Waals surface area contributed by atoms with Gasteiger partial charge in [-0.3, -0.25) is 0 Å². The first-order chi connectivity index (χ1) is 7.52. The zero-order chi connectivity index (χ0) is 12.3. The first kappa shape index (κ1) is 12.4. The number of aliphatic hydroxyl groups excluding tert-OH is 1. The number of aliphatic hydroxyl groups is 1. The van der Waals surface area contributed by atoms with Crippen molar-refractivity contribution in [1.29, 1.82) is 0 Å². The minimum absolute atomic E-state index is 0.128. The maximum absolute atomic E-state index is 13.4. The van der Waals surface area contributed by atoms with E-state index in [0.717, 1.165) is 19.2 Å². The third-order valence-electron chi connectivity index (χ3n) is 2.01. The zero-order valence-electron chi connectivity index (χ0n) is 8.66. The Morgan fingerprint density at radius 1 is 1.38 bits per heavy atom. The molecule has 0 aliphatic heterocycles. The first-order valence-corrected chi connectivity index (χ1v) is 4.30. The molecule has 1 atom stereocenters. The molecular formula is C10H10F2O4. The standard InChI is InChI=1S/C10H10F2O4/c1-15-6-4-3-5(11)8(12)7(6)9(13)10(14)16-2/h3-4,9,13H,1-2H3. The summed E-state index contributed by atoms with van der Waals surface area (Å²) in [6, 6.07) is 1.95. The Balaban J connectivity index is 3.29. The van der Waals surface area contributed by atoms with Gasteiger partial charge < -0.3 is 14.6 Å². The van der Waals surface area contributed by atoms with Gasteiger partial charge in [0.15, 0.2) is 17.7 Å². The van der Waals surface area contributed by atoms with Crippen molar-refractivity contribution in [2.45, 2.75) is 6.10 Å². The third kappa shape index (κ3) is 2.11. The summed E-state index contributed by atoms with van der Waals surface area (Å²) < 4.78 is 35.3. The fourth-order valence-corrected chi connectivity index (χ4v) is 1.21. The van der Waals surface area contributed by atoms with E-state index >= 15 is 0 Å². The number of methoxy groups -OCH3 is 2. The second-order valence-corrected chi connectivity index (χ2v) is 2.90. The smallest absolute Gasteiger partial charge is 0.339 e. The highest BCUT2D eigenvalue weighted by atomic mass is 19.2. The van der Waals surface area contributed by atoms with Gasteiger partial charge in [0, 0.05) is 0 Å². The second-order valence-electron chi connectivity index (χ2n) is 2.90. The Bertz CT molecular complexity index is 406. The summed E-state index contributed by atoms with van der Waals surface area (Å²) in [6.45, 7) is 0. The van der Waals surface area contributed by atoms with Crippen LogP contribution in [0.1, 0.15) is 11.7 Å². The molecule has 0 amide bonds. The van der Waals surface area contributed by atoms with Gasteiger partial charge in [0.2, 0.25) is 0 Å². The number of hydrogen-bond acceptors (Lipinski definition) is 4. The normalized spacial score (nSPS) is 12.1. The average Bonchev–Trinajstić information content (AvgIpc) is 2.30. The van der Waals surface area contributed by atoms with Crippen LogP contribution >= 0.6 is 0 Å². The van der Waals surface area contributed by atoms with E-state index in [9.17, 15) is 18.7 Å². The summed E-state index contributed by atoms with van der Waals surface area (Å²) in [5.74, 6) is -3.74. The van der Waals surface area contributed by atoms with Crippen molar-refractivity contribution in [1.82, 2.24) is 0 Å². The first-order valence-electron chi connectivity index (χ1n) is 4.30. The van der Waals surface area contributed by atoms with Gasteiger partial charge in [-0.25, -0.2) is 13.6 Å². The van der Waals surface area contributed by atoms with Crippen LogP contribution in [-0.4, -0.2) is 25.3 Å². The number of esters is 1. The van der Waals surface area contributed by atoms with E-state index in [1.165, 1.54) is 7.11 Å². The van der Waals surface area contributed by atoms with Crippen LogP contribution in [0.2, 0.25) is 0 Å². The van der Waals surface area contributed by atoms with Gasteiger partial charge in [-0.2, -0.15) is 0 Å². The Morgan fingerprint density at radius 3 is 2.50 bits per heavy atom. The maximum atomic E-state index is 13.4. The minimum Gasteiger partial charge on any atom is -0.496 e. The highest BCUT2D eigenvalue weighted by Crippen LogP contribution is 2.30. The van der Waals surface area contributed by atoms with Crippen LogP contribution in [0.15, 0.2) is 12.1 Å². The summed E-state index contributed by atoms with van der Waals surface area (Å²) >= 11 is 0. The van der Waals surface area contributed by atoms with Gasteiger partial charge in [0.25, 0.3) is 0 Å². The fraction of sp³-hybridized carbons (Fsp3) is 0.300. The molecule has 0 aliphatic rings. The molecular weight excluding hydrogens is 222 g/mol. The predicted octanol–water partition coefficient (Wildman–Crippen LogP) is 1.18. The average molecular weight is 232 g/mol. The number of hydrogen-bond donors (Lipinski definition) is 1. The van der Waals surface area contributed by atoms with E-state index in [1.807, 2.05) is 0 Å². The van der Waals surface area contributed by atoms with Crippen molar-refractivity contribution in [3.8, 4) is 5.75 Å². The van der Waals surface area contributed by atoms with E-state index < -0.39 is 29.3 Å². The molecule has 0 heterocycles. The highest BCUT2D eigenvalue weighted by Gasteiger charge is 2.27. The van der Waals surface area contributed by atoms with Crippen LogP contribution in [0, 0.1) is 11.6 Å². The lowest BCUT2D eigenvalue weighted by atomic mass is 10.1. The molecule has 0 bridgehead atoms. The van der Waals surface area contributed by atoms with Crippen LogP contribution in [0.25, 0.3) is 0 Å². The molecule has 0 saturated carbocycles. The zero-order valence-corrected chi connectivity index (χ0v) is 8.66. The molecule has 1 unspecified atom stereocenters. The van der Waals surface area contributed by atoms with Gasteiger partial charge in [0.05, 0.1) is 19.8 Å². The van der Waals surface area contributed by atoms with Crippen molar-refractivity contribution in [3.05, 3.63) is 29.3 Å². The lowest BCUT2D eigenvalue weighted by Gasteiger charge is -2.13. The highest BCUT2D eigenvalue weighted by molar-refractivity contribution is 5.77. The van der Waals surface area contributed by atoms with E-state index in [2.05, 4.69) is 4.74 Å². The van der Waals surface area contributed by atoms with Gasteiger partial charge in [-0.05, 0) is 12.1 Å². The Kier molecular flexibility index (Phi) is 3.78. The number of carbonyl (C=O) groups excluding carboxylic acids is 1. The van der Waals surface area contributed by atoms with E-state index in [-0.39, 0.29) is 5.75 Å². The van der Waals surface area contributed by atoms with Gasteiger partial charge in [-0.1, -0.05) is 0 Å². The molecule has 1 aromatic carbocycles. The lowest BCUT2D eigenvalue weighted by Crippen LogP contribution is -2.16. The third-order valence-corrected chi connectivity index (χ3v) is 2.01. The van der Waals surface area contributed by atoms with Gasteiger partial charge in [0.1, 0.15) is 5.75 Å². The summed E-state index contributed by atoms with van der Waals surface area (Å²) in [5.41, 5.74) is -0.575. The molecule has 4 nitrogen and oxygen atoms in total. The number of benzene rings is 1. The molecule has 0 saturated heterocycles. The Labute approximate surface area is 90.4 Å². The van der Waals surface area contributed by atoms with Crippen LogP contribution in [0.3, 0.4) is 0 Å². The van der Waals surface area contributed by atoms with E-state index in [0.29, 0.717) is 0 Å². The maximum Gasteiger partial charge on any atom is 0.339 e. The lowest BCUT2D eigenvalue weighted by molar-refractivity contribution is -0.151. The summed E-state index contributed by atoms with van der Waals surface area (Å²) in [6.07, 6.45) is -1.92. The summed E-state index contributed by atoms with van der Waals surface area (Å²) in [4.78, 5) is 11.0. The van der Waals surface area contributed by atoms with E-state index in [1.54, 1.807) is 0 Å². The molecule has 0 aromatic heterocycles. The van der Waals surface area contributed by atoms with Crippen LogP contribution in [0.4, 0.5) is 8.78 Å². The fourth-order valence-electron chi connectivity index (χ4n) is 1.21. The SMILES string of the molecule is COC(=O)C(O)c1c(OC)ccc(F)c1F. The minimum atomic E-state index is -1.92. The molecule has 0 spiro atoms. The monoisotopic (exact) mass is 232 g/mol. The topological polar surface area (TPSA) is 55.8 Å². The summed E-state index contributed by atoms with van der Waals surface area (Å²) in [7, 11) is 2.23. The van der Waals surface area contributed by atoms with Crippen molar-refractivity contribution >= 4 is 5.97 Å². The van der Waals surface area contributed by atoms with Crippen LogP contribution in [0.5, 0.6) is 5.75 Å². The Hall–Kier alpha value is -1.69. The molecule has 16 heavy (non-hydrogen) atoms. The van der Waals surface area contributed by atoms with Crippen molar-refractivity contribution in [2.24, 2.45) is 0 Å². The van der Waals surface area contributed by atoms with Crippen molar-refractivity contribution in [3.63, 3.8) is 0 Å². The molecule has 1 N–H and O–H groups in total. The molecule has 0 fully saturated rings. The van der Waals surface area contributed by atoms with Crippen molar-refractivity contribution < 1.29 is 28.2 Å². The predicted molar refractivity (Wildman–Crippen MR) is 49.9 cm³/mol. The molecule has 6 heteroatoms. The van der Waals surface area contributed by atoms with Crippen molar-refractivity contribution in [2.75, 3.05) is 14.2 Å². The summed E-state index contributed by atoms with van der Waals surface area (Å²) in [5, 5.41) is 9.45. The van der Waals surface area contributed by atoms with Gasteiger partial charge in [-0.15, -0.1) is 0 Å². The number of carbonyl (C=O) groups is 1.